The van der Waals surface area contributed by atoms with E-state index in [9.17, 15) is 9.59 Å². The van der Waals surface area contributed by atoms with E-state index in [1.54, 1.807) is 4.90 Å². The molecule has 0 bridgehead atoms. The van der Waals surface area contributed by atoms with E-state index >= 15 is 0 Å². The van der Waals surface area contributed by atoms with Gasteiger partial charge in [-0.3, -0.25) is 0 Å². The lowest BCUT2D eigenvalue weighted by Crippen LogP contribution is -2.50. The Morgan fingerprint density at radius 3 is 2.79 bits per heavy atom. The third-order valence-corrected chi connectivity index (χ3v) is 3.88. The fraction of sp³-hybridized carbons (Fsp3) is 0.562. The number of piperidine rings is 1. The van der Waals surface area contributed by atoms with Crippen LogP contribution in [0.4, 0.5) is 21.1 Å². The summed E-state index contributed by atoms with van der Waals surface area (Å²) < 4.78 is 4.74. The fourth-order valence-electron chi connectivity index (χ4n) is 2.72. The predicted molar refractivity (Wildman–Crippen MR) is 92.5 cm³/mol. The first-order valence-electron chi connectivity index (χ1n) is 7.96. The van der Waals surface area contributed by atoms with Gasteiger partial charge in [-0.2, -0.15) is 0 Å². The Hall–Kier alpha value is -2.51. The minimum atomic E-state index is -0.362. The molecule has 1 fully saturated rings. The van der Waals surface area contributed by atoms with E-state index in [0.29, 0.717) is 24.6 Å². The van der Waals surface area contributed by atoms with Crippen LogP contribution >= 0.6 is 0 Å². The Balaban J connectivity index is 1.97. The maximum absolute atomic E-state index is 12.3. The van der Waals surface area contributed by atoms with Gasteiger partial charge in [0.15, 0.2) is 5.82 Å². The molecule has 1 unspecified atom stereocenters. The van der Waals surface area contributed by atoms with E-state index < -0.39 is 0 Å². The molecular formula is C16H25N5O3. The minimum Gasteiger partial charge on any atom is -0.453 e. The van der Waals surface area contributed by atoms with E-state index in [-0.39, 0.29) is 18.2 Å². The Morgan fingerprint density at radius 2 is 2.12 bits per heavy atom. The molecule has 2 heterocycles. The summed E-state index contributed by atoms with van der Waals surface area (Å²) in [6, 6.07) is 3.28. The zero-order valence-electron chi connectivity index (χ0n) is 14.6. The van der Waals surface area contributed by atoms with Crippen LogP contribution in [0, 0.1) is 6.92 Å². The number of carbonyl (C=O) groups is 2. The molecule has 1 aliphatic heterocycles. The van der Waals surface area contributed by atoms with Crippen LogP contribution in [0.15, 0.2) is 12.1 Å². The molecule has 1 aliphatic rings. The number of ether oxygens (including phenoxy) is 1. The van der Waals surface area contributed by atoms with Gasteiger partial charge in [0.05, 0.1) is 12.8 Å². The van der Waals surface area contributed by atoms with Gasteiger partial charge in [0.1, 0.15) is 0 Å². The first kappa shape index (κ1) is 17.8. The third kappa shape index (κ3) is 4.50. The van der Waals surface area contributed by atoms with E-state index in [1.807, 2.05) is 38.1 Å². The summed E-state index contributed by atoms with van der Waals surface area (Å²) in [4.78, 5) is 31.8. The van der Waals surface area contributed by atoms with Gasteiger partial charge in [-0.15, -0.1) is 0 Å². The lowest BCUT2D eigenvalue weighted by molar-refractivity contribution is 0.108. The van der Waals surface area contributed by atoms with Crippen molar-refractivity contribution in [2.45, 2.75) is 25.8 Å². The maximum atomic E-state index is 12.3. The number of aromatic nitrogens is 1. The number of amides is 3. The van der Waals surface area contributed by atoms with Crippen molar-refractivity contribution in [3.63, 3.8) is 0 Å². The first-order chi connectivity index (χ1) is 11.4. The molecule has 24 heavy (non-hydrogen) atoms. The number of nitrogens with one attached hydrogen (secondary N) is 2. The third-order valence-electron chi connectivity index (χ3n) is 3.88. The van der Waals surface area contributed by atoms with Crippen LogP contribution < -0.4 is 15.5 Å². The van der Waals surface area contributed by atoms with Crippen LogP contribution in [0.25, 0.3) is 0 Å². The van der Waals surface area contributed by atoms with Crippen LogP contribution in [0.3, 0.4) is 0 Å². The molecule has 3 amide bonds. The van der Waals surface area contributed by atoms with Gasteiger partial charge in [0.2, 0.25) is 0 Å². The maximum Gasteiger partial charge on any atom is 0.409 e. The van der Waals surface area contributed by atoms with Gasteiger partial charge < -0.3 is 25.2 Å². The summed E-state index contributed by atoms with van der Waals surface area (Å²) in [6.07, 6.45) is 1.29. The number of likely N-dealkylation sites (tertiary alicyclic amines) is 1. The van der Waals surface area contributed by atoms with E-state index in [4.69, 9.17) is 4.74 Å². The van der Waals surface area contributed by atoms with Gasteiger partial charge in [-0.05, 0) is 31.9 Å². The molecule has 0 spiro atoms. The Morgan fingerprint density at radius 1 is 1.38 bits per heavy atom. The molecular weight excluding hydrogens is 310 g/mol. The second-order valence-electron chi connectivity index (χ2n) is 6.07. The summed E-state index contributed by atoms with van der Waals surface area (Å²) in [7, 11) is 5.11. The molecule has 1 atom stereocenters. The quantitative estimate of drug-likeness (QED) is 0.880. The molecule has 2 N–H and O–H groups in total. The van der Waals surface area contributed by atoms with E-state index in [1.165, 1.54) is 7.11 Å². The van der Waals surface area contributed by atoms with Crippen LogP contribution in [-0.2, 0) is 4.74 Å². The second kappa shape index (κ2) is 7.85. The number of hydrogen-bond acceptors (Lipinski definition) is 5. The number of urea groups is 1. The highest BCUT2D eigenvalue weighted by Crippen LogP contribution is 2.22. The van der Waals surface area contributed by atoms with Crippen LogP contribution in [-0.4, -0.2) is 62.3 Å². The van der Waals surface area contributed by atoms with Crippen molar-refractivity contribution in [3.8, 4) is 0 Å². The summed E-state index contributed by atoms with van der Waals surface area (Å²) in [6.45, 7) is 3.01. The van der Waals surface area contributed by atoms with Crippen LogP contribution in [0.1, 0.15) is 18.5 Å². The topological polar surface area (TPSA) is 86.8 Å². The fourth-order valence-corrected chi connectivity index (χ4v) is 2.72. The molecule has 0 aromatic carbocycles. The minimum absolute atomic E-state index is 0.0981. The summed E-state index contributed by atoms with van der Waals surface area (Å²) in [5, 5.41) is 5.75. The van der Waals surface area contributed by atoms with Crippen molar-refractivity contribution in [2.75, 3.05) is 44.5 Å². The molecule has 132 valence electrons. The monoisotopic (exact) mass is 335 g/mol. The Bertz CT molecular complexity index is 605. The number of pyridine rings is 1. The predicted octanol–water partition coefficient (Wildman–Crippen LogP) is 1.81. The van der Waals surface area contributed by atoms with Crippen molar-refractivity contribution in [1.82, 2.24) is 15.2 Å². The number of carbonyl (C=O) groups excluding carboxylic acids is 2. The highest BCUT2D eigenvalue weighted by atomic mass is 16.5. The number of anilines is 2. The van der Waals surface area contributed by atoms with E-state index in [2.05, 4.69) is 15.6 Å². The molecule has 2 rings (SSSR count). The highest BCUT2D eigenvalue weighted by molar-refractivity contribution is 5.92. The number of methoxy groups -OCH3 is 1. The normalized spacial score (nSPS) is 17.2. The smallest absolute Gasteiger partial charge is 0.409 e. The van der Waals surface area contributed by atoms with Gasteiger partial charge in [0.25, 0.3) is 0 Å². The van der Waals surface area contributed by atoms with E-state index in [0.717, 1.165) is 18.5 Å². The summed E-state index contributed by atoms with van der Waals surface area (Å²) in [5.74, 6) is 0.699. The molecule has 1 aromatic rings. The SMILES string of the molecule is COC(=O)N1CCCC(NC(=O)Nc2ccc(C)nc2N(C)C)C1. The van der Waals surface area contributed by atoms with Crippen molar-refractivity contribution in [3.05, 3.63) is 17.8 Å². The largest absolute Gasteiger partial charge is 0.453 e. The second-order valence-corrected chi connectivity index (χ2v) is 6.07. The zero-order chi connectivity index (χ0) is 17.7. The van der Waals surface area contributed by atoms with Crippen LogP contribution in [0.2, 0.25) is 0 Å². The molecule has 0 radical (unpaired) electrons. The van der Waals surface area contributed by atoms with Gasteiger partial charge >= 0.3 is 12.1 Å². The number of nitrogens with zero attached hydrogens (tertiary/aromatic N) is 3. The van der Waals surface area contributed by atoms with Crippen molar-refractivity contribution < 1.29 is 14.3 Å². The lowest BCUT2D eigenvalue weighted by Gasteiger charge is -2.32. The molecule has 0 aliphatic carbocycles. The number of hydrogen-bond donors (Lipinski definition) is 2. The molecule has 0 saturated carbocycles. The van der Waals surface area contributed by atoms with Crippen molar-refractivity contribution in [2.24, 2.45) is 0 Å². The Kier molecular flexibility index (Phi) is 5.83. The van der Waals surface area contributed by atoms with Gasteiger partial charge in [-0.25, -0.2) is 14.6 Å². The number of aryl methyl sites for hydroxylation is 1. The van der Waals surface area contributed by atoms with Crippen molar-refractivity contribution >= 4 is 23.6 Å². The Labute approximate surface area is 142 Å². The molecule has 1 saturated heterocycles. The van der Waals surface area contributed by atoms with Crippen LogP contribution in [0.5, 0.6) is 0 Å². The lowest BCUT2D eigenvalue weighted by atomic mass is 10.1. The average Bonchev–Trinajstić information content (AvgIpc) is 2.55. The first-order valence-corrected chi connectivity index (χ1v) is 7.96. The molecule has 1 aromatic heterocycles. The zero-order valence-corrected chi connectivity index (χ0v) is 14.6. The van der Waals surface area contributed by atoms with Crippen molar-refractivity contribution in [1.29, 1.82) is 0 Å². The molecule has 8 heteroatoms. The van der Waals surface area contributed by atoms with Gasteiger partial charge in [0, 0.05) is 38.9 Å². The standard InChI is InChI=1S/C16H25N5O3/c1-11-7-8-13(14(17-11)20(2)3)19-15(22)18-12-6-5-9-21(10-12)16(23)24-4/h7-8,12H,5-6,9-10H2,1-4H3,(H2,18,19,22). The average molecular weight is 335 g/mol. The van der Waals surface area contributed by atoms with Gasteiger partial charge in [-0.1, -0.05) is 0 Å². The summed E-state index contributed by atoms with van der Waals surface area (Å²) in [5.41, 5.74) is 1.52. The molecule has 8 nitrogen and oxygen atoms in total. The number of rotatable bonds is 3. The summed E-state index contributed by atoms with van der Waals surface area (Å²) >= 11 is 0. The highest BCUT2D eigenvalue weighted by Gasteiger charge is 2.25.